The zero-order chi connectivity index (χ0) is 12.3. The summed E-state index contributed by atoms with van der Waals surface area (Å²) in [5.41, 5.74) is 0.878. The first kappa shape index (κ1) is 12.5. The molecule has 0 amide bonds. The Hall–Kier alpha value is -1.56. The third-order valence-corrected chi connectivity index (χ3v) is 3.36. The van der Waals surface area contributed by atoms with Crippen LogP contribution in [0, 0.1) is 0 Å². The molecule has 0 saturated carbocycles. The summed E-state index contributed by atoms with van der Waals surface area (Å²) < 4.78 is 28.1. The van der Waals surface area contributed by atoms with E-state index >= 15 is 0 Å². The van der Waals surface area contributed by atoms with Crippen molar-refractivity contribution in [3.63, 3.8) is 0 Å². The molecular formula is C10H13NO4S. The quantitative estimate of drug-likeness (QED) is 0.739. The predicted octanol–water partition coefficient (Wildman–Crippen LogP) is 0.869. The topological polar surface area (TPSA) is 63.7 Å². The summed E-state index contributed by atoms with van der Waals surface area (Å²) in [6, 6.07) is 6.13. The molecule has 0 N–H and O–H groups in total. The molecule has 0 unspecified atom stereocenters. The van der Waals surface area contributed by atoms with Gasteiger partial charge < -0.3 is 4.74 Å². The first-order chi connectivity index (χ1) is 7.36. The normalized spacial score (nSPS) is 10.9. The van der Waals surface area contributed by atoms with Crippen molar-refractivity contribution in [1.29, 1.82) is 0 Å². The number of carbonyl (C=O) groups excluding carboxylic acids is 1. The van der Waals surface area contributed by atoms with Crippen molar-refractivity contribution in [2.75, 3.05) is 24.7 Å². The first-order valence-electron chi connectivity index (χ1n) is 4.48. The Balaban J connectivity index is 3.00. The number of hydrogen-bond donors (Lipinski definition) is 0. The lowest BCUT2D eigenvalue weighted by Crippen LogP contribution is -2.24. The van der Waals surface area contributed by atoms with Gasteiger partial charge in [-0.05, 0) is 24.3 Å². The molecule has 0 bridgehead atoms. The summed E-state index contributed by atoms with van der Waals surface area (Å²) in [6.45, 7) is 0. The van der Waals surface area contributed by atoms with Crippen LogP contribution in [0.25, 0.3) is 0 Å². The number of rotatable bonds is 3. The van der Waals surface area contributed by atoms with E-state index in [1.54, 1.807) is 12.1 Å². The zero-order valence-electron chi connectivity index (χ0n) is 9.30. The molecule has 1 aromatic carbocycles. The van der Waals surface area contributed by atoms with Crippen LogP contribution in [-0.2, 0) is 14.8 Å². The lowest BCUT2D eigenvalue weighted by Gasteiger charge is -2.16. The van der Waals surface area contributed by atoms with E-state index in [9.17, 15) is 13.2 Å². The smallest absolute Gasteiger partial charge is 0.337 e. The highest BCUT2D eigenvalue weighted by Crippen LogP contribution is 2.16. The van der Waals surface area contributed by atoms with Crippen LogP contribution >= 0.6 is 0 Å². The molecule has 6 heteroatoms. The Morgan fingerprint density at radius 1 is 1.25 bits per heavy atom. The second kappa shape index (κ2) is 4.52. The largest absolute Gasteiger partial charge is 0.465 e. The van der Waals surface area contributed by atoms with Crippen LogP contribution in [0.15, 0.2) is 24.3 Å². The third-order valence-electron chi connectivity index (χ3n) is 2.15. The van der Waals surface area contributed by atoms with Crippen molar-refractivity contribution in [2.24, 2.45) is 0 Å². The highest BCUT2D eigenvalue weighted by atomic mass is 32.2. The molecule has 0 aliphatic heterocycles. The van der Waals surface area contributed by atoms with Gasteiger partial charge in [0.2, 0.25) is 10.0 Å². The summed E-state index contributed by atoms with van der Waals surface area (Å²) in [4.78, 5) is 11.1. The second-order valence-corrected chi connectivity index (χ2v) is 5.28. The zero-order valence-corrected chi connectivity index (χ0v) is 10.1. The summed E-state index contributed by atoms with van der Waals surface area (Å²) in [6.07, 6.45) is 1.11. The minimum absolute atomic E-state index is 0.383. The maximum atomic E-state index is 11.2. The highest BCUT2D eigenvalue weighted by Gasteiger charge is 2.12. The van der Waals surface area contributed by atoms with E-state index in [4.69, 9.17) is 0 Å². The summed E-state index contributed by atoms with van der Waals surface area (Å²) in [7, 11) is -0.540. The maximum absolute atomic E-state index is 11.2. The molecule has 0 aliphatic carbocycles. The number of carbonyl (C=O) groups is 1. The van der Waals surface area contributed by atoms with Crippen molar-refractivity contribution in [3.8, 4) is 0 Å². The van der Waals surface area contributed by atoms with E-state index in [1.165, 1.54) is 26.3 Å². The van der Waals surface area contributed by atoms with E-state index in [0.29, 0.717) is 11.3 Å². The maximum Gasteiger partial charge on any atom is 0.337 e. The molecule has 0 aromatic heterocycles. The van der Waals surface area contributed by atoms with Crippen LogP contribution in [0.2, 0.25) is 0 Å². The predicted molar refractivity (Wildman–Crippen MR) is 61.0 cm³/mol. The molecule has 1 aromatic rings. The SMILES string of the molecule is COC(=O)c1ccc(N(C)S(C)(=O)=O)cc1. The Labute approximate surface area is 94.7 Å². The molecule has 0 saturated heterocycles. The minimum atomic E-state index is -3.28. The van der Waals surface area contributed by atoms with Crippen molar-refractivity contribution in [2.45, 2.75) is 0 Å². The average molecular weight is 243 g/mol. The third kappa shape index (κ3) is 2.73. The fourth-order valence-electron chi connectivity index (χ4n) is 1.12. The Morgan fingerprint density at radius 2 is 1.75 bits per heavy atom. The van der Waals surface area contributed by atoms with E-state index in [1.807, 2.05) is 0 Å². The van der Waals surface area contributed by atoms with Gasteiger partial charge in [-0.15, -0.1) is 0 Å². The number of esters is 1. The number of ether oxygens (including phenoxy) is 1. The lowest BCUT2D eigenvalue weighted by molar-refractivity contribution is 0.0601. The van der Waals surface area contributed by atoms with Gasteiger partial charge >= 0.3 is 5.97 Å². The molecule has 0 radical (unpaired) electrons. The molecule has 1 rings (SSSR count). The number of nitrogens with zero attached hydrogens (tertiary/aromatic N) is 1. The van der Waals surface area contributed by atoms with Gasteiger partial charge in [-0.25, -0.2) is 13.2 Å². The average Bonchev–Trinajstić information content (AvgIpc) is 2.26. The van der Waals surface area contributed by atoms with Gasteiger partial charge in [0.25, 0.3) is 0 Å². The molecule has 0 aliphatic rings. The van der Waals surface area contributed by atoms with Gasteiger partial charge in [0.1, 0.15) is 0 Å². The molecule has 88 valence electrons. The van der Waals surface area contributed by atoms with Gasteiger partial charge in [0, 0.05) is 7.05 Å². The van der Waals surface area contributed by atoms with Crippen LogP contribution in [0.1, 0.15) is 10.4 Å². The molecule has 0 atom stereocenters. The van der Waals surface area contributed by atoms with Gasteiger partial charge in [-0.2, -0.15) is 0 Å². The molecule has 0 spiro atoms. The second-order valence-electron chi connectivity index (χ2n) is 3.27. The van der Waals surface area contributed by atoms with Crippen molar-refractivity contribution in [3.05, 3.63) is 29.8 Å². The molecule has 5 nitrogen and oxygen atoms in total. The van der Waals surface area contributed by atoms with Gasteiger partial charge in [-0.1, -0.05) is 0 Å². The fourth-order valence-corrected chi connectivity index (χ4v) is 1.62. The standard InChI is InChI=1S/C10H13NO4S/c1-11(16(3,13)14)9-6-4-8(5-7-9)10(12)15-2/h4-7H,1-3H3. The van der Waals surface area contributed by atoms with Crippen LogP contribution < -0.4 is 4.31 Å². The number of anilines is 1. The molecule has 0 heterocycles. The van der Waals surface area contributed by atoms with Gasteiger partial charge in [0.05, 0.1) is 24.6 Å². The summed E-state index contributed by atoms with van der Waals surface area (Å²) in [5.74, 6) is -0.450. The van der Waals surface area contributed by atoms with Crippen molar-refractivity contribution in [1.82, 2.24) is 0 Å². The summed E-state index contributed by atoms with van der Waals surface area (Å²) >= 11 is 0. The van der Waals surface area contributed by atoms with Crippen LogP contribution in [-0.4, -0.2) is 34.8 Å². The number of methoxy groups -OCH3 is 1. The fraction of sp³-hybridized carbons (Fsp3) is 0.300. The number of hydrogen-bond acceptors (Lipinski definition) is 4. The first-order valence-corrected chi connectivity index (χ1v) is 6.33. The van der Waals surface area contributed by atoms with E-state index < -0.39 is 16.0 Å². The monoisotopic (exact) mass is 243 g/mol. The molecule has 16 heavy (non-hydrogen) atoms. The van der Waals surface area contributed by atoms with Crippen LogP contribution in [0.4, 0.5) is 5.69 Å². The Bertz CT molecular complexity index is 478. The van der Waals surface area contributed by atoms with Crippen molar-refractivity contribution >= 4 is 21.7 Å². The van der Waals surface area contributed by atoms with Gasteiger partial charge in [0.15, 0.2) is 0 Å². The van der Waals surface area contributed by atoms with Crippen LogP contribution in [0.3, 0.4) is 0 Å². The lowest BCUT2D eigenvalue weighted by atomic mass is 10.2. The molecular weight excluding hydrogens is 230 g/mol. The van der Waals surface area contributed by atoms with E-state index in [-0.39, 0.29) is 0 Å². The highest BCUT2D eigenvalue weighted by molar-refractivity contribution is 7.92. The van der Waals surface area contributed by atoms with Crippen LogP contribution in [0.5, 0.6) is 0 Å². The van der Waals surface area contributed by atoms with Gasteiger partial charge in [-0.3, -0.25) is 4.31 Å². The van der Waals surface area contributed by atoms with Crippen molar-refractivity contribution < 1.29 is 17.9 Å². The summed E-state index contributed by atoms with van der Waals surface area (Å²) in [5, 5.41) is 0. The number of sulfonamides is 1. The Morgan fingerprint density at radius 3 is 2.12 bits per heavy atom. The molecule has 0 fully saturated rings. The Kier molecular flexibility index (Phi) is 3.54. The van der Waals surface area contributed by atoms with E-state index in [0.717, 1.165) is 10.6 Å². The van der Waals surface area contributed by atoms with E-state index in [2.05, 4.69) is 4.74 Å². The minimum Gasteiger partial charge on any atom is -0.465 e. The number of benzene rings is 1.